The third-order valence-corrected chi connectivity index (χ3v) is 4.86. The molecule has 0 radical (unpaired) electrons. The predicted octanol–water partition coefficient (Wildman–Crippen LogP) is 8.04. The fraction of sp³-hybridized carbons (Fsp3) is 0.500. The number of aliphatic hydroxyl groups is 1. The Morgan fingerprint density at radius 3 is 1.41 bits per heavy atom. The average molecular weight is 483 g/mol. The number of aliphatic hydroxyl groups excluding tert-OH is 1. The smallest absolute Gasteiger partial charge is 0.392 e. The lowest BCUT2D eigenvalue weighted by molar-refractivity contribution is -0.139. The van der Waals surface area contributed by atoms with Crippen LogP contribution in [0.1, 0.15) is 61.1 Å². The van der Waals surface area contributed by atoms with E-state index in [0.717, 1.165) is 12.1 Å². The van der Waals surface area contributed by atoms with E-state index in [4.69, 9.17) is 16.7 Å². The maximum absolute atomic E-state index is 12.8. The lowest BCUT2D eigenvalue weighted by atomic mass is 9.96. The highest BCUT2D eigenvalue weighted by Gasteiger charge is 2.34. The van der Waals surface area contributed by atoms with Gasteiger partial charge in [-0.2, -0.15) is 26.3 Å². The molecule has 0 saturated heterocycles. The van der Waals surface area contributed by atoms with E-state index in [1.165, 1.54) is 18.2 Å². The van der Waals surface area contributed by atoms with Crippen LogP contribution in [0.25, 0.3) is 0 Å². The standard InChI is InChI=1S/C12H14ClF3.C12H15F3O/c1-8(2)5-10-4-3-9(7-13)6-11(10)12(14,15)16;1-8(2)5-10-4-3-9(7-16)6-11(10)12(13,14)15/h3-4,6,8H,5,7H2,1-2H3;3-4,6,8,16H,5,7H2,1-2H3. The highest BCUT2D eigenvalue weighted by molar-refractivity contribution is 6.17. The molecule has 2 rings (SSSR count). The lowest BCUT2D eigenvalue weighted by Gasteiger charge is -2.15. The van der Waals surface area contributed by atoms with Gasteiger partial charge < -0.3 is 5.11 Å². The van der Waals surface area contributed by atoms with Gasteiger partial charge in [-0.1, -0.05) is 52.0 Å². The maximum atomic E-state index is 12.8. The summed E-state index contributed by atoms with van der Waals surface area (Å²) in [5, 5.41) is 8.83. The molecule has 2 aromatic rings. The predicted molar refractivity (Wildman–Crippen MR) is 115 cm³/mol. The Morgan fingerprint density at radius 1 is 0.719 bits per heavy atom. The number of hydrogen-bond acceptors (Lipinski definition) is 1. The summed E-state index contributed by atoms with van der Waals surface area (Å²) in [6, 6.07) is 8.34. The van der Waals surface area contributed by atoms with Crippen molar-refractivity contribution in [2.24, 2.45) is 11.8 Å². The fourth-order valence-corrected chi connectivity index (χ4v) is 3.36. The van der Waals surface area contributed by atoms with Gasteiger partial charge in [-0.15, -0.1) is 11.6 Å². The minimum Gasteiger partial charge on any atom is -0.392 e. The van der Waals surface area contributed by atoms with Crippen molar-refractivity contribution in [3.63, 3.8) is 0 Å². The first-order chi connectivity index (χ1) is 14.7. The van der Waals surface area contributed by atoms with E-state index in [1.54, 1.807) is 6.07 Å². The van der Waals surface area contributed by atoms with Crippen LogP contribution in [-0.2, 0) is 37.7 Å². The van der Waals surface area contributed by atoms with Crippen molar-refractivity contribution < 1.29 is 31.4 Å². The zero-order valence-corrected chi connectivity index (χ0v) is 19.3. The van der Waals surface area contributed by atoms with Crippen LogP contribution in [0.5, 0.6) is 0 Å². The molecule has 0 unspecified atom stereocenters. The Morgan fingerprint density at radius 2 is 1.09 bits per heavy atom. The first-order valence-electron chi connectivity index (χ1n) is 10.2. The van der Waals surface area contributed by atoms with Crippen molar-refractivity contribution in [2.45, 2.75) is 65.4 Å². The van der Waals surface area contributed by atoms with E-state index in [1.807, 2.05) is 27.7 Å². The number of halogens is 7. The van der Waals surface area contributed by atoms with E-state index < -0.39 is 23.5 Å². The molecule has 2 aromatic carbocycles. The van der Waals surface area contributed by atoms with Crippen LogP contribution in [0.15, 0.2) is 36.4 Å². The fourth-order valence-electron chi connectivity index (χ4n) is 3.19. The van der Waals surface area contributed by atoms with Gasteiger partial charge in [0.25, 0.3) is 0 Å². The molecule has 1 nitrogen and oxygen atoms in total. The molecule has 0 atom stereocenters. The molecule has 32 heavy (non-hydrogen) atoms. The number of benzene rings is 2. The van der Waals surface area contributed by atoms with Gasteiger partial charge in [0, 0.05) is 5.88 Å². The number of hydrogen-bond donors (Lipinski definition) is 1. The molecule has 0 aliphatic heterocycles. The van der Waals surface area contributed by atoms with Crippen LogP contribution in [0, 0.1) is 11.8 Å². The summed E-state index contributed by atoms with van der Waals surface area (Å²) in [6.07, 6.45) is -7.83. The molecule has 0 aromatic heterocycles. The first kappa shape index (κ1) is 28.3. The Kier molecular flexibility index (Phi) is 10.6. The zero-order chi connectivity index (χ0) is 24.7. The molecular weight excluding hydrogens is 454 g/mol. The minimum atomic E-state index is -4.35. The van der Waals surface area contributed by atoms with Crippen LogP contribution in [-0.4, -0.2) is 5.11 Å². The molecule has 180 valence electrons. The summed E-state index contributed by atoms with van der Waals surface area (Å²) in [6.45, 7) is 7.18. The SMILES string of the molecule is CC(C)Cc1ccc(CCl)cc1C(F)(F)F.CC(C)Cc1ccc(CO)cc1C(F)(F)F. The van der Waals surface area contributed by atoms with Crippen LogP contribution in [0.2, 0.25) is 0 Å². The third kappa shape index (κ3) is 9.02. The van der Waals surface area contributed by atoms with Crippen molar-refractivity contribution in [3.05, 3.63) is 69.8 Å². The molecule has 1 N–H and O–H groups in total. The van der Waals surface area contributed by atoms with Gasteiger partial charge in [-0.3, -0.25) is 0 Å². The molecule has 0 aliphatic carbocycles. The summed E-state index contributed by atoms with van der Waals surface area (Å²) in [4.78, 5) is 0. The highest BCUT2D eigenvalue weighted by atomic mass is 35.5. The molecule has 0 fully saturated rings. The summed E-state index contributed by atoms with van der Waals surface area (Å²) < 4.78 is 76.5. The van der Waals surface area contributed by atoms with Crippen LogP contribution >= 0.6 is 11.6 Å². The van der Waals surface area contributed by atoms with E-state index >= 15 is 0 Å². The second-order valence-electron chi connectivity index (χ2n) is 8.47. The number of rotatable bonds is 6. The van der Waals surface area contributed by atoms with Gasteiger partial charge in [-0.05, 0) is 59.1 Å². The maximum Gasteiger partial charge on any atom is 0.416 e. The van der Waals surface area contributed by atoms with Crippen molar-refractivity contribution in [3.8, 4) is 0 Å². The summed E-state index contributed by atoms with van der Waals surface area (Å²) in [5.41, 5.74) is 0.240. The van der Waals surface area contributed by atoms with Gasteiger partial charge in [0.2, 0.25) is 0 Å². The molecule has 0 aliphatic rings. The van der Waals surface area contributed by atoms with Crippen LogP contribution in [0.3, 0.4) is 0 Å². The van der Waals surface area contributed by atoms with Gasteiger partial charge in [-0.25, -0.2) is 0 Å². The first-order valence-corrected chi connectivity index (χ1v) is 10.8. The highest BCUT2D eigenvalue weighted by Crippen LogP contribution is 2.35. The molecule has 0 amide bonds. The molecule has 0 saturated carbocycles. The monoisotopic (exact) mass is 482 g/mol. The summed E-state index contributed by atoms with van der Waals surface area (Å²) >= 11 is 5.54. The van der Waals surface area contributed by atoms with E-state index in [9.17, 15) is 26.3 Å². The van der Waals surface area contributed by atoms with Crippen LogP contribution in [0.4, 0.5) is 26.3 Å². The van der Waals surface area contributed by atoms with Gasteiger partial charge in [0.15, 0.2) is 0 Å². The quantitative estimate of drug-likeness (QED) is 0.326. The molecule has 0 spiro atoms. The summed E-state index contributed by atoms with van der Waals surface area (Å²) in [7, 11) is 0. The average Bonchev–Trinajstić information content (AvgIpc) is 2.66. The van der Waals surface area contributed by atoms with Gasteiger partial charge in [0.1, 0.15) is 0 Å². The van der Waals surface area contributed by atoms with Crippen molar-refractivity contribution >= 4 is 11.6 Å². The Bertz CT molecular complexity index is 785. The summed E-state index contributed by atoms with van der Waals surface area (Å²) in [5.74, 6) is 0.467. The van der Waals surface area contributed by atoms with Gasteiger partial charge >= 0.3 is 12.4 Å². The lowest BCUT2D eigenvalue weighted by Crippen LogP contribution is -2.11. The molecule has 0 heterocycles. The van der Waals surface area contributed by atoms with E-state index in [2.05, 4.69) is 0 Å². The zero-order valence-electron chi connectivity index (χ0n) is 18.5. The third-order valence-electron chi connectivity index (χ3n) is 4.55. The van der Waals surface area contributed by atoms with Crippen molar-refractivity contribution in [2.75, 3.05) is 0 Å². The topological polar surface area (TPSA) is 20.2 Å². The van der Waals surface area contributed by atoms with E-state index in [-0.39, 0.29) is 24.3 Å². The largest absolute Gasteiger partial charge is 0.416 e. The Labute approximate surface area is 190 Å². The van der Waals surface area contributed by atoms with Crippen LogP contribution < -0.4 is 0 Å². The van der Waals surface area contributed by atoms with Crippen molar-refractivity contribution in [1.29, 1.82) is 0 Å². The number of alkyl halides is 7. The molecular formula is C24H29ClF6O. The second kappa shape index (κ2) is 11.9. The Hall–Kier alpha value is -1.73. The molecule has 0 bridgehead atoms. The van der Waals surface area contributed by atoms with E-state index in [0.29, 0.717) is 35.1 Å². The normalized spacial score (nSPS) is 12.2. The second-order valence-corrected chi connectivity index (χ2v) is 8.73. The minimum absolute atomic E-state index is 0.102. The Balaban J connectivity index is 0.000000320. The van der Waals surface area contributed by atoms with Gasteiger partial charge in [0.05, 0.1) is 17.7 Å². The van der Waals surface area contributed by atoms with Crippen molar-refractivity contribution in [1.82, 2.24) is 0 Å². The molecule has 8 heteroatoms.